The third-order valence-electron chi connectivity index (χ3n) is 6.08. The summed E-state index contributed by atoms with van der Waals surface area (Å²) in [6, 6.07) is 20.1. The number of carbonyl (C=O) groups is 2. The summed E-state index contributed by atoms with van der Waals surface area (Å²) in [5.41, 5.74) is 2.44. The van der Waals surface area contributed by atoms with Gasteiger partial charge in [0.05, 0.1) is 0 Å². The topological polar surface area (TPSA) is 82.3 Å². The molecule has 0 spiro atoms. The average Bonchev–Trinajstić information content (AvgIpc) is 2.83. The van der Waals surface area contributed by atoms with Gasteiger partial charge in [0.25, 0.3) is 0 Å². The number of amides is 4. The first-order valence-corrected chi connectivity index (χ1v) is 11.8. The van der Waals surface area contributed by atoms with E-state index in [2.05, 4.69) is 45.5 Å². The van der Waals surface area contributed by atoms with Crippen molar-refractivity contribution in [1.82, 2.24) is 21.3 Å². The van der Waals surface area contributed by atoms with Gasteiger partial charge in [0.2, 0.25) is 0 Å². The summed E-state index contributed by atoms with van der Waals surface area (Å²) < 4.78 is 0. The van der Waals surface area contributed by atoms with E-state index in [0.29, 0.717) is 38.0 Å². The Kier molecular flexibility index (Phi) is 9.90. The van der Waals surface area contributed by atoms with Gasteiger partial charge in [0.15, 0.2) is 0 Å². The van der Waals surface area contributed by atoms with Gasteiger partial charge in [-0.2, -0.15) is 0 Å². The van der Waals surface area contributed by atoms with E-state index in [1.807, 2.05) is 36.4 Å². The molecule has 1 fully saturated rings. The van der Waals surface area contributed by atoms with Crippen molar-refractivity contribution in [1.29, 1.82) is 0 Å². The Bertz CT molecular complexity index is 746. The van der Waals surface area contributed by atoms with E-state index in [1.165, 1.54) is 11.1 Å². The zero-order valence-corrected chi connectivity index (χ0v) is 18.8. The fraction of sp³-hybridized carbons (Fsp3) is 0.462. The third-order valence-corrected chi connectivity index (χ3v) is 6.08. The number of hydrogen-bond acceptors (Lipinski definition) is 2. The molecule has 1 saturated carbocycles. The molecule has 0 heterocycles. The highest BCUT2D eigenvalue weighted by atomic mass is 16.2. The minimum Gasteiger partial charge on any atom is -0.338 e. The Morgan fingerprint density at radius 2 is 1.09 bits per heavy atom. The Balaban J connectivity index is 1.25. The molecule has 1 aliphatic carbocycles. The SMILES string of the molecule is O=C(NCCc1ccccc1)NC[C@H]1CCC[C@H](CNC(=O)NCCc2ccccc2)C1. The molecule has 3 rings (SSSR count). The van der Waals surface area contributed by atoms with Gasteiger partial charge in [0, 0.05) is 26.2 Å². The summed E-state index contributed by atoms with van der Waals surface area (Å²) in [6.45, 7) is 2.65. The van der Waals surface area contributed by atoms with Crippen LogP contribution in [0.5, 0.6) is 0 Å². The van der Waals surface area contributed by atoms with Gasteiger partial charge in [-0.25, -0.2) is 9.59 Å². The van der Waals surface area contributed by atoms with Crippen LogP contribution in [0.2, 0.25) is 0 Å². The van der Waals surface area contributed by atoms with Crippen LogP contribution in [-0.2, 0) is 12.8 Å². The molecule has 6 nitrogen and oxygen atoms in total. The molecule has 172 valence electrons. The molecule has 6 heteroatoms. The van der Waals surface area contributed by atoms with Crippen LogP contribution in [-0.4, -0.2) is 38.2 Å². The maximum Gasteiger partial charge on any atom is 0.314 e. The maximum atomic E-state index is 12.1. The maximum absolute atomic E-state index is 12.1. The van der Waals surface area contributed by atoms with E-state index in [4.69, 9.17) is 0 Å². The van der Waals surface area contributed by atoms with Crippen molar-refractivity contribution in [3.05, 3.63) is 71.8 Å². The Morgan fingerprint density at radius 3 is 1.53 bits per heavy atom. The van der Waals surface area contributed by atoms with E-state index in [1.54, 1.807) is 0 Å². The van der Waals surface area contributed by atoms with Crippen molar-refractivity contribution in [2.75, 3.05) is 26.2 Å². The van der Waals surface area contributed by atoms with Crippen molar-refractivity contribution in [3.63, 3.8) is 0 Å². The number of nitrogens with one attached hydrogen (secondary N) is 4. The first-order chi connectivity index (χ1) is 15.7. The molecule has 4 amide bonds. The van der Waals surface area contributed by atoms with E-state index in [-0.39, 0.29) is 12.1 Å². The molecule has 0 saturated heterocycles. The zero-order valence-electron chi connectivity index (χ0n) is 18.8. The molecule has 0 bridgehead atoms. The van der Waals surface area contributed by atoms with Crippen LogP contribution >= 0.6 is 0 Å². The number of hydrogen-bond donors (Lipinski definition) is 4. The summed E-state index contributed by atoms with van der Waals surface area (Å²) in [4.78, 5) is 24.2. The van der Waals surface area contributed by atoms with Crippen LogP contribution in [0.4, 0.5) is 9.59 Å². The van der Waals surface area contributed by atoms with Crippen molar-refractivity contribution >= 4 is 12.1 Å². The van der Waals surface area contributed by atoms with Gasteiger partial charge >= 0.3 is 12.1 Å². The number of carbonyl (C=O) groups excluding carboxylic acids is 2. The first-order valence-electron chi connectivity index (χ1n) is 11.8. The largest absolute Gasteiger partial charge is 0.338 e. The lowest BCUT2D eigenvalue weighted by molar-refractivity contribution is 0.222. The van der Waals surface area contributed by atoms with Gasteiger partial charge in [-0.05, 0) is 55.1 Å². The van der Waals surface area contributed by atoms with Crippen LogP contribution in [0.3, 0.4) is 0 Å². The predicted molar refractivity (Wildman–Crippen MR) is 129 cm³/mol. The summed E-state index contributed by atoms with van der Waals surface area (Å²) >= 11 is 0. The second-order valence-corrected chi connectivity index (χ2v) is 8.64. The first kappa shape index (κ1) is 23.6. The van der Waals surface area contributed by atoms with Crippen molar-refractivity contribution < 1.29 is 9.59 Å². The molecule has 32 heavy (non-hydrogen) atoms. The Hall–Kier alpha value is -3.02. The molecule has 0 unspecified atom stereocenters. The van der Waals surface area contributed by atoms with E-state index >= 15 is 0 Å². The fourth-order valence-electron chi connectivity index (χ4n) is 4.30. The van der Waals surface area contributed by atoms with E-state index in [9.17, 15) is 9.59 Å². The highest BCUT2D eigenvalue weighted by Crippen LogP contribution is 2.28. The summed E-state index contributed by atoms with van der Waals surface area (Å²) in [5, 5.41) is 11.9. The molecular formula is C26H36N4O2. The quantitative estimate of drug-likeness (QED) is 0.456. The summed E-state index contributed by atoms with van der Waals surface area (Å²) in [7, 11) is 0. The Morgan fingerprint density at radius 1 is 0.656 bits per heavy atom. The van der Waals surface area contributed by atoms with Crippen LogP contribution in [0.15, 0.2) is 60.7 Å². The van der Waals surface area contributed by atoms with Crippen LogP contribution in [0.25, 0.3) is 0 Å². The molecule has 0 aliphatic heterocycles. The lowest BCUT2D eigenvalue weighted by Gasteiger charge is -2.29. The standard InChI is InChI=1S/C26H36N4O2/c31-25(27-16-14-21-8-3-1-4-9-21)29-19-23-12-7-13-24(18-23)20-30-26(32)28-17-15-22-10-5-2-6-11-22/h1-6,8-11,23-24H,7,12-20H2,(H2,27,29,31)(H2,28,30,32)/t23-,24-/m0/s1. The second kappa shape index (κ2) is 13.4. The van der Waals surface area contributed by atoms with Gasteiger partial charge < -0.3 is 21.3 Å². The molecule has 0 aromatic heterocycles. The van der Waals surface area contributed by atoms with Crippen molar-refractivity contribution in [2.24, 2.45) is 11.8 Å². The lowest BCUT2D eigenvalue weighted by Crippen LogP contribution is -2.42. The minimum atomic E-state index is -0.0982. The van der Waals surface area contributed by atoms with E-state index < -0.39 is 0 Å². The van der Waals surface area contributed by atoms with Crippen molar-refractivity contribution in [2.45, 2.75) is 38.5 Å². The summed E-state index contributed by atoms with van der Waals surface area (Å²) in [6.07, 6.45) is 6.10. The van der Waals surface area contributed by atoms with Crippen LogP contribution < -0.4 is 21.3 Å². The minimum absolute atomic E-state index is 0.0982. The predicted octanol–water partition coefficient (Wildman–Crippen LogP) is 3.88. The zero-order chi connectivity index (χ0) is 22.4. The molecular weight excluding hydrogens is 400 g/mol. The van der Waals surface area contributed by atoms with E-state index in [0.717, 1.165) is 38.5 Å². The van der Waals surface area contributed by atoms with Crippen LogP contribution in [0.1, 0.15) is 36.8 Å². The molecule has 2 aromatic carbocycles. The molecule has 4 N–H and O–H groups in total. The number of rotatable bonds is 10. The molecule has 1 aliphatic rings. The third kappa shape index (κ3) is 9.00. The number of benzene rings is 2. The second-order valence-electron chi connectivity index (χ2n) is 8.64. The van der Waals surface area contributed by atoms with Crippen molar-refractivity contribution in [3.8, 4) is 0 Å². The van der Waals surface area contributed by atoms with Gasteiger partial charge in [-0.1, -0.05) is 67.1 Å². The number of urea groups is 2. The summed E-state index contributed by atoms with van der Waals surface area (Å²) in [5.74, 6) is 0.938. The fourth-order valence-corrected chi connectivity index (χ4v) is 4.30. The smallest absolute Gasteiger partial charge is 0.314 e. The molecule has 2 atom stereocenters. The van der Waals surface area contributed by atoms with Gasteiger partial charge in [0.1, 0.15) is 0 Å². The Labute approximate surface area is 191 Å². The highest BCUT2D eigenvalue weighted by Gasteiger charge is 2.22. The van der Waals surface area contributed by atoms with Gasteiger partial charge in [-0.15, -0.1) is 0 Å². The normalized spacial score (nSPS) is 17.9. The van der Waals surface area contributed by atoms with Gasteiger partial charge in [-0.3, -0.25) is 0 Å². The average molecular weight is 437 g/mol. The highest BCUT2D eigenvalue weighted by molar-refractivity contribution is 5.74. The van der Waals surface area contributed by atoms with Crippen LogP contribution in [0, 0.1) is 11.8 Å². The lowest BCUT2D eigenvalue weighted by atomic mass is 9.81. The molecule has 0 radical (unpaired) electrons. The monoisotopic (exact) mass is 436 g/mol. The molecule has 2 aromatic rings.